The van der Waals surface area contributed by atoms with Crippen molar-refractivity contribution in [3.63, 3.8) is 0 Å². The van der Waals surface area contributed by atoms with Crippen LogP contribution in [0.15, 0.2) is 10.9 Å². The maximum Gasteiger partial charge on any atom is 0.267 e. The molecule has 2 aliphatic rings. The van der Waals surface area contributed by atoms with E-state index in [1.54, 1.807) is 0 Å². The van der Waals surface area contributed by atoms with Crippen molar-refractivity contribution >= 4 is 22.2 Å². The Morgan fingerprint density at radius 2 is 2.31 bits per heavy atom. The number of aromatic nitrogens is 2. The summed E-state index contributed by atoms with van der Waals surface area (Å²) in [5.74, 6) is -0.344. The minimum atomic E-state index is -0.344. The van der Waals surface area contributed by atoms with Gasteiger partial charge in [-0.25, -0.2) is 4.68 Å². The molecule has 1 unspecified atom stereocenters. The highest BCUT2D eigenvalue weighted by molar-refractivity contribution is 7.16. The van der Waals surface area contributed by atoms with Crippen molar-refractivity contribution in [3.8, 4) is 6.07 Å². The molecule has 2 aromatic heterocycles. The first-order valence-corrected chi connectivity index (χ1v) is 9.56. The molecule has 2 aliphatic carbocycles. The third kappa shape index (κ3) is 3.04. The number of hydrogen-bond donors (Lipinski definition) is 2. The van der Waals surface area contributed by atoms with Crippen molar-refractivity contribution in [1.29, 1.82) is 5.26 Å². The topological polar surface area (TPSA) is 114 Å². The largest absolute Gasteiger partial charge is 0.327 e. The number of fused-ring (bicyclic) bond motifs is 2. The Bertz CT molecular complexity index is 985. The zero-order chi connectivity index (χ0) is 18.3. The molecule has 2 heterocycles. The lowest BCUT2D eigenvalue weighted by Crippen LogP contribution is -2.35. The van der Waals surface area contributed by atoms with E-state index in [-0.39, 0.29) is 24.1 Å². The summed E-state index contributed by atoms with van der Waals surface area (Å²) in [6, 6.07) is 3.80. The fourth-order valence-electron chi connectivity index (χ4n) is 3.69. The van der Waals surface area contributed by atoms with Gasteiger partial charge in [0.25, 0.3) is 5.56 Å². The molecule has 0 spiro atoms. The zero-order valence-corrected chi connectivity index (χ0v) is 15.1. The van der Waals surface area contributed by atoms with E-state index in [0.29, 0.717) is 23.4 Å². The molecule has 0 saturated carbocycles. The van der Waals surface area contributed by atoms with Gasteiger partial charge in [-0.3, -0.25) is 9.59 Å². The normalized spacial score (nSPS) is 18.1. The summed E-state index contributed by atoms with van der Waals surface area (Å²) in [7, 11) is 0. The Labute approximate surface area is 154 Å². The molecule has 0 saturated heterocycles. The van der Waals surface area contributed by atoms with Crippen LogP contribution in [0.1, 0.15) is 40.1 Å². The van der Waals surface area contributed by atoms with Crippen molar-refractivity contribution in [1.82, 2.24) is 9.78 Å². The lowest BCUT2D eigenvalue weighted by atomic mass is 9.93. The van der Waals surface area contributed by atoms with Gasteiger partial charge in [0.05, 0.1) is 11.3 Å². The number of nitrogens with one attached hydrogen (secondary N) is 1. The first kappa shape index (κ1) is 16.9. The second-order valence-corrected chi connectivity index (χ2v) is 7.94. The number of carbonyl (C=O) groups is 1. The highest BCUT2D eigenvalue weighted by atomic mass is 32.1. The van der Waals surface area contributed by atoms with Crippen LogP contribution in [0, 0.1) is 11.3 Å². The molecule has 3 N–H and O–H groups in total. The fraction of sp³-hybridized carbons (Fsp3) is 0.444. The van der Waals surface area contributed by atoms with Gasteiger partial charge in [0.15, 0.2) is 0 Å². The van der Waals surface area contributed by atoms with Crippen LogP contribution in [0.25, 0.3) is 0 Å². The summed E-state index contributed by atoms with van der Waals surface area (Å²) in [4.78, 5) is 25.8. The number of carbonyl (C=O) groups excluding carboxylic acids is 1. The molecule has 0 radical (unpaired) electrons. The quantitative estimate of drug-likeness (QED) is 0.841. The molecule has 0 aliphatic heterocycles. The van der Waals surface area contributed by atoms with Crippen molar-refractivity contribution in [2.24, 2.45) is 5.73 Å². The predicted octanol–water partition coefficient (Wildman–Crippen LogP) is 1.12. The number of thiophene rings is 1. The van der Waals surface area contributed by atoms with Gasteiger partial charge in [-0.15, -0.1) is 11.3 Å². The van der Waals surface area contributed by atoms with Crippen LogP contribution in [0.5, 0.6) is 0 Å². The van der Waals surface area contributed by atoms with E-state index in [0.717, 1.165) is 42.5 Å². The van der Waals surface area contributed by atoms with Crippen LogP contribution in [-0.2, 0) is 37.0 Å². The van der Waals surface area contributed by atoms with Crippen LogP contribution in [0.2, 0.25) is 0 Å². The standard InChI is InChI=1S/C18H19N5O2S/c19-8-13-12-2-1-3-15(12)26-18(13)21-16(24)9-23-17(25)7-10-6-11(20)4-5-14(10)22-23/h7,11H,1-6,9,20H2,(H,21,24). The molecule has 4 rings (SSSR count). The lowest BCUT2D eigenvalue weighted by molar-refractivity contribution is -0.117. The summed E-state index contributed by atoms with van der Waals surface area (Å²) in [5.41, 5.74) is 8.98. The molecule has 134 valence electrons. The van der Waals surface area contributed by atoms with E-state index in [4.69, 9.17) is 5.73 Å². The molecule has 0 fully saturated rings. The maximum atomic E-state index is 12.4. The number of anilines is 1. The summed E-state index contributed by atoms with van der Waals surface area (Å²) in [5, 5.41) is 17.1. The average Bonchev–Trinajstić information content (AvgIpc) is 3.16. The van der Waals surface area contributed by atoms with Crippen molar-refractivity contribution in [3.05, 3.63) is 43.7 Å². The van der Waals surface area contributed by atoms with Gasteiger partial charge in [-0.2, -0.15) is 10.4 Å². The first-order chi connectivity index (χ1) is 12.5. The van der Waals surface area contributed by atoms with Crippen LogP contribution in [-0.4, -0.2) is 21.7 Å². The highest BCUT2D eigenvalue weighted by Gasteiger charge is 2.24. The highest BCUT2D eigenvalue weighted by Crippen LogP contribution is 2.38. The number of amides is 1. The number of nitriles is 1. The monoisotopic (exact) mass is 369 g/mol. The molecule has 26 heavy (non-hydrogen) atoms. The third-order valence-corrected chi connectivity index (χ3v) is 6.18. The number of hydrogen-bond acceptors (Lipinski definition) is 6. The molecule has 0 aromatic carbocycles. The van der Waals surface area contributed by atoms with Crippen LogP contribution >= 0.6 is 11.3 Å². The van der Waals surface area contributed by atoms with Gasteiger partial charge in [0.2, 0.25) is 5.91 Å². The van der Waals surface area contributed by atoms with Gasteiger partial charge < -0.3 is 11.1 Å². The van der Waals surface area contributed by atoms with Gasteiger partial charge in [-0.05, 0) is 49.7 Å². The number of rotatable bonds is 3. The van der Waals surface area contributed by atoms with Crippen molar-refractivity contribution in [2.45, 2.75) is 51.1 Å². The SMILES string of the molecule is N#Cc1c(NC(=O)Cn2nc3c(cc2=O)CC(N)CC3)sc2c1CCC2. The molecule has 7 nitrogen and oxygen atoms in total. The second-order valence-electron chi connectivity index (χ2n) is 6.84. The van der Waals surface area contributed by atoms with E-state index < -0.39 is 0 Å². The Kier molecular flexibility index (Phi) is 4.34. The van der Waals surface area contributed by atoms with E-state index in [9.17, 15) is 14.9 Å². The van der Waals surface area contributed by atoms with Crippen molar-refractivity contribution in [2.75, 3.05) is 5.32 Å². The van der Waals surface area contributed by atoms with E-state index >= 15 is 0 Å². The molecular formula is C18H19N5O2S. The van der Waals surface area contributed by atoms with Crippen LogP contribution in [0.4, 0.5) is 5.00 Å². The third-order valence-electron chi connectivity index (χ3n) is 4.98. The van der Waals surface area contributed by atoms with E-state index in [1.807, 2.05) is 0 Å². The first-order valence-electron chi connectivity index (χ1n) is 8.75. The van der Waals surface area contributed by atoms with E-state index in [1.165, 1.54) is 27.0 Å². The molecule has 1 atom stereocenters. The minimum absolute atomic E-state index is 0.0630. The fourth-order valence-corrected chi connectivity index (χ4v) is 4.94. The van der Waals surface area contributed by atoms with Gasteiger partial charge in [0, 0.05) is 17.0 Å². The van der Waals surface area contributed by atoms with Gasteiger partial charge in [-0.1, -0.05) is 0 Å². The molecule has 2 aromatic rings. The Hall–Kier alpha value is -2.50. The van der Waals surface area contributed by atoms with Gasteiger partial charge >= 0.3 is 0 Å². The minimum Gasteiger partial charge on any atom is -0.327 e. The number of nitrogens with zero attached hydrogens (tertiary/aromatic N) is 3. The summed E-state index contributed by atoms with van der Waals surface area (Å²) < 4.78 is 1.19. The Morgan fingerprint density at radius 1 is 1.46 bits per heavy atom. The summed E-state index contributed by atoms with van der Waals surface area (Å²) in [6.45, 7) is -0.161. The molecule has 8 heteroatoms. The smallest absolute Gasteiger partial charge is 0.267 e. The van der Waals surface area contributed by atoms with Gasteiger partial charge in [0.1, 0.15) is 17.6 Å². The predicted molar refractivity (Wildman–Crippen MR) is 98.2 cm³/mol. The van der Waals surface area contributed by atoms with Crippen LogP contribution in [0.3, 0.4) is 0 Å². The van der Waals surface area contributed by atoms with Crippen molar-refractivity contribution < 1.29 is 4.79 Å². The molecule has 0 bridgehead atoms. The van der Waals surface area contributed by atoms with E-state index in [2.05, 4.69) is 16.5 Å². The summed E-state index contributed by atoms with van der Waals surface area (Å²) in [6.07, 6.45) is 5.10. The summed E-state index contributed by atoms with van der Waals surface area (Å²) >= 11 is 1.46. The lowest BCUT2D eigenvalue weighted by Gasteiger charge is -2.20. The maximum absolute atomic E-state index is 12.4. The zero-order valence-electron chi connectivity index (χ0n) is 14.2. The molecular weight excluding hydrogens is 350 g/mol. The second kappa shape index (κ2) is 6.67. The van der Waals surface area contributed by atoms with Crippen LogP contribution < -0.4 is 16.6 Å². The Morgan fingerprint density at radius 3 is 3.12 bits per heavy atom. The number of aryl methyl sites for hydroxylation is 2. The number of nitrogens with two attached hydrogens (primary N) is 1. The average molecular weight is 369 g/mol. The Balaban J connectivity index is 1.53. The molecule has 1 amide bonds.